The maximum absolute atomic E-state index is 8.84. The SMILES string of the molecule is CC1CCC(C)N(CCCC(C)(N)C#N)C1. The standard InChI is InChI=1S/C13H25N3/c1-11-5-6-12(2)16(9-11)8-4-7-13(3,15)10-14/h11-12H,4-9,15H2,1-3H3. The van der Waals surface area contributed by atoms with Gasteiger partial charge in [0, 0.05) is 12.6 Å². The average Bonchev–Trinajstić information content (AvgIpc) is 2.23. The van der Waals surface area contributed by atoms with Crippen LogP contribution in [-0.4, -0.2) is 29.6 Å². The zero-order valence-corrected chi connectivity index (χ0v) is 10.9. The van der Waals surface area contributed by atoms with Gasteiger partial charge in [0.15, 0.2) is 0 Å². The van der Waals surface area contributed by atoms with Gasteiger partial charge in [-0.2, -0.15) is 5.26 Å². The minimum absolute atomic E-state index is 0.648. The first kappa shape index (κ1) is 13.5. The largest absolute Gasteiger partial charge is 0.314 e. The van der Waals surface area contributed by atoms with Gasteiger partial charge in [-0.1, -0.05) is 6.92 Å². The maximum atomic E-state index is 8.84. The first-order valence-corrected chi connectivity index (χ1v) is 6.39. The molecule has 1 aliphatic heterocycles. The van der Waals surface area contributed by atoms with E-state index in [2.05, 4.69) is 24.8 Å². The molecule has 3 heteroatoms. The second-order valence-electron chi connectivity index (χ2n) is 5.66. The number of rotatable bonds is 4. The molecule has 1 aliphatic rings. The molecule has 16 heavy (non-hydrogen) atoms. The van der Waals surface area contributed by atoms with Gasteiger partial charge in [-0.05, 0) is 52.0 Å². The van der Waals surface area contributed by atoms with Crippen LogP contribution in [0.2, 0.25) is 0 Å². The Kier molecular flexibility index (Phi) is 4.76. The van der Waals surface area contributed by atoms with Crippen LogP contribution in [0.25, 0.3) is 0 Å². The van der Waals surface area contributed by atoms with Crippen molar-refractivity contribution >= 4 is 0 Å². The summed E-state index contributed by atoms with van der Waals surface area (Å²) < 4.78 is 0. The number of likely N-dealkylation sites (tertiary alicyclic amines) is 1. The van der Waals surface area contributed by atoms with E-state index < -0.39 is 5.54 Å². The van der Waals surface area contributed by atoms with Crippen LogP contribution >= 0.6 is 0 Å². The molecule has 0 amide bonds. The summed E-state index contributed by atoms with van der Waals surface area (Å²) in [5, 5.41) is 8.84. The van der Waals surface area contributed by atoms with E-state index in [-0.39, 0.29) is 0 Å². The number of hydrogen-bond acceptors (Lipinski definition) is 3. The van der Waals surface area contributed by atoms with E-state index in [1.165, 1.54) is 19.4 Å². The van der Waals surface area contributed by atoms with Crippen molar-refractivity contribution < 1.29 is 0 Å². The summed E-state index contributed by atoms with van der Waals surface area (Å²) >= 11 is 0. The predicted molar refractivity (Wildman–Crippen MR) is 66.9 cm³/mol. The van der Waals surface area contributed by atoms with E-state index in [1.807, 2.05) is 6.92 Å². The Labute approximate surface area is 99.6 Å². The van der Waals surface area contributed by atoms with E-state index in [0.717, 1.165) is 25.3 Å². The van der Waals surface area contributed by atoms with Crippen molar-refractivity contribution in [2.75, 3.05) is 13.1 Å². The fourth-order valence-electron chi connectivity index (χ4n) is 2.40. The molecule has 1 rings (SSSR count). The van der Waals surface area contributed by atoms with Crippen molar-refractivity contribution in [3.05, 3.63) is 0 Å². The molecule has 0 aromatic rings. The minimum atomic E-state index is -0.648. The number of hydrogen-bond donors (Lipinski definition) is 1. The first-order chi connectivity index (χ1) is 7.44. The van der Waals surface area contributed by atoms with E-state index in [0.29, 0.717) is 6.04 Å². The van der Waals surface area contributed by atoms with Gasteiger partial charge in [-0.15, -0.1) is 0 Å². The smallest absolute Gasteiger partial charge is 0.101 e. The van der Waals surface area contributed by atoms with Crippen molar-refractivity contribution in [1.29, 1.82) is 5.26 Å². The molecule has 0 bridgehead atoms. The molecule has 1 heterocycles. The summed E-state index contributed by atoms with van der Waals surface area (Å²) in [4.78, 5) is 2.54. The molecule has 3 atom stereocenters. The zero-order valence-electron chi connectivity index (χ0n) is 10.9. The summed E-state index contributed by atoms with van der Waals surface area (Å²) in [6.45, 7) is 8.73. The van der Waals surface area contributed by atoms with Gasteiger partial charge in [-0.3, -0.25) is 0 Å². The number of nitrogens with two attached hydrogens (primary N) is 1. The van der Waals surface area contributed by atoms with Gasteiger partial charge in [0.05, 0.1) is 6.07 Å². The van der Waals surface area contributed by atoms with Crippen LogP contribution in [-0.2, 0) is 0 Å². The maximum Gasteiger partial charge on any atom is 0.101 e. The number of nitrogens with zero attached hydrogens (tertiary/aromatic N) is 2. The second kappa shape index (κ2) is 5.65. The Bertz CT molecular complexity index is 254. The topological polar surface area (TPSA) is 53.0 Å². The van der Waals surface area contributed by atoms with Gasteiger partial charge >= 0.3 is 0 Å². The van der Waals surface area contributed by atoms with Crippen molar-refractivity contribution in [3.63, 3.8) is 0 Å². The molecule has 1 saturated heterocycles. The third kappa shape index (κ3) is 4.11. The van der Waals surface area contributed by atoms with Crippen molar-refractivity contribution in [3.8, 4) is 6.07 Å². The lowest BCUT2D eigenvalue weighted by molar-refractivity contribution is 0.121. The van der Waals surface area contributed by atoms with E-state index >= 15 is 0 Å². The lowest BCUT2D eigenvalue weighted by Gasteiger charge is -2.37. The fourth-order valence-corrected chi connectivity index (χ4v) is 2.40. The molecule has 0 aliphatic carbocycles. The third-order valence-corrected chi connectivity index (χ3v) is 3.64. The van der Waals surface area contributed by atoms with E-state index in [4.69, 9.17) is 11.0 Å². The Hall–Kier alpha value is -0.590. The van der Waals surface area contributed by atoms with Crippen LogP contribution in [0.4, 0.5) is 0 Å². The van der Waals surface area contributed by atoms with E-state index in [1.54, 1.807) is 0 Å². The number of nitriles is 1. The van der Waals surface area contributed by atoms with Crippen LogP contribution in [0.1, 0.15) is 46.5 Å². The Morgan fingerprint density at radius 3 is 2.75 bits per heavy atom. The molecule has 1 fully saturated rings. The van der Waals surface area contributed by atoms with Gasteiger partial charge in [-0.25, -0.2) is 0 Å². The molecule has 92 valence electrons. The summed E-state index contributed by atoms with van der Waals surface area (Å²) in [6, 6.07) is 2.85. The monoisotopic (exact) mass is 223 g/mol. The van der Waals surface area contributed by atoms with Crippen LogP contribution in [0, 0.1) is 17.2 Å². The van der Waals surface area contributed by atoms with Crippen LogP contribution < -0.4 is 5.73 Å². The van der Waals surface area contributed by atoms with Crippen LogP contribution in [0.15, 0.2) is 0 Å². The molecule has 0 spiro atoms. The molecule has 2 N–H and O–H groups in total. The third-order valence-electron chi connectivity index (χ3n) is 3.64. The van der Waals surface area contributed by atoms with Crippen LogP contribution in [0.5, 0.6) is 0 Å². The number of piperidine rings is 1. The molecule has 0 saturated carbocycles. The summed E-state index contributed by atoms with van der Waals surface area (Å²) in [5.41, 5.74) is 5.17. The second-order valence-corrected chi connectivity index (χ2v) is 5.66. The van der Waals surface area contributed by atoms with Crippen molar-refractivity contribution in [1.82, 2.24) is 4.90 Å². The molecule has 0 aromatic carbocycles. The minimum Gasteiger partial charge on any atom is -0.314 e. The highest BCUT2D eigenvalue weighted by Gasteiger charge is 2.23. The molecule has 3 unspecified atom stereocenters. The van der Waals surface area contributed by atoms with Gasteiger partial charge in [0.2, 0.25) is 0 Å². The van der Waals surface area contributed by atoms with Crippen molar-refractivity contribution in [2.45, 2.75) is 58.0 Å². The normalized spacial score (nSPS) is 30.7. The highest BCUT2D eigenvalue weighted by atomic mass is 15.2. The lowest BCUT2D eigenvalue weighted by atomic mass is 9.94. The first-order valence-electron chi connectivity index (χ1n) is 6.39. The summed E-state index contributed by atoms with van der Waals surface area (Å²) in [7, 11) is 0. The highest BCUT2D eigenvalue weighted by Crippen LogP contribution is 2.22. The van der Waals surface area contributed by atoms with Gasteiger partial charge < -0.3 is 10.6 Å². The quantitative estimate of drug-likeness (QED) is 0.794. The van der Waals surface area contributed by atoms with E-state index in [9.17, 15) is 0 Å². The summed E-state index contributed by atoms with van der Waals surface area (Å²) in [6.07, 6.45) is 4.47. The Morgan fingerprint density at radius 2 is 2.12 bits per heavy atom. The average molecular weight is 223 g/mol. The zero-order chi connectivity index (χ0) is 12.2. The van der Waals surface area contributed by atoms with Crippen LogP contribution in [0.3, 0.4) is 0 Å². The van der Waals surface area contributed by atoms with Gasteiger partial charge in [0.1, 0.15) is 5.54 Å². The molecular weight excluding hydrogens is 198 g/mol. The Morgan fingerprint density at radius 1 is 1.44 bits per heavy atom. The predicted octanol–water partition coefficient (Wildman–Crippen LogP) is 2.13. The molecule has 0 aromatic heterocycles. The van der Waals surface area contributed by atoms with Gasteiger partial charge in [0.25, 0.3) is 0 Å². The molecular formula is C13H25N3. The lowest BCUT2D eigenvalue weighted by Crippen LogP contribution is -2.42. The Balaban J connectivity index is 2.29. The molecule has 0 radical (unpaired) electrons. The summed E-state index contributed by atoms with van der Waals surface area (Å²) in [5.74, 6) is 0.816. The molecule has 3 nitrogen and oxygen atoms in total. The van der Waals surface area contributed by atoms with Crippen molar-refractivity contribution in [2.24, 2.45) is 11.7 Å². The highest BCUT2D eigenvalue weighted by molar-refractivity contribution is 5.00. The fraction of sp³-hybridized carbons (Fsp3) is 0.923.